The molecule has 0 fully saturated rings. The van der Waals surface area contributed by atoms with Crippen molar-refractivity contribution in [3.63, 3.8) is 0 Å². The highest BCUT2D eigenvalue weighted by molar-refractivity contribution is 7.92. The van der Waals surface area contributed by atoms with Gasteiger partial charge in [0.15, 0.2) is 11.5 Å². The number of anilines is 1. The first-order valence-electron chi connectivity index (χ1n) is 8.06. The Morgan fingerprint density at radius 3 is 2.50 bits per heavy atom. The molecule has 1 aliphatic heterocycles. The number of benzene rings is 2. The molecule has 2 aliphatic rings. The van der Waals surface area contributed by atoms with E-state index in [0.717, 1.165) is 24.8 Å². The van der Waals surface area contributed by atoms with Gasteiger partial charge in [-0.2, -0.15) is 0 Å². The quantitative estimate of drug-likeness (QED) is 0.858. The van der Waals surface area contributed by atoms with Crippen molar-refractivity contribution >= 4 is 15.7 Å². The van der Waals surface area contributed by atoms with Crippen LogP contribution in [0.3, 0.4) is 0 Å². The molecule has 0 bridgehead atoms. The van der Waals surface area contributed by atoms with Crippen LogP contribution in [0.1, 0.15) is 17.5 Å². The molecular formula is C18H19NO4S. The van der Waals surface area contributed by atoms with Gasteiger partial charge in [0, 0.05) is 13.1 Å². The van der Waals surface area contributed by atoms with Gasteiger partial charge in [-0.05, 0) is 54.7 Å². The van der Waals surface area contributed by atoms with Crippen LogP contribution < -0.4 is 13.8 Å². The van der Waals surface area contributed by atoms with Gasteiger partial charge in [-0.1, -0.05) is 6.07 Å². The van der Waals surface area contributed by atoms with Crippen LogP contribution in [0.5, 0.6) is 11.5 Å². The van der Waals surface area contributed by atoms with Crippen LogP contribution in [0, 0.1) is 0 Å². The summed E-state index contributed by atoms with van der Waals surface area (Å²) in [5.41, 5.74) is 2.96. The third-order valence-electron chi connectivity index (χ3n) is 4.62. The monoisotopic (exact) mass is 345 g/mol. The van der Waals surface area contributed by atoms with Crippen molar-refractivity contribution in [2.24, 2.45) is 0 Å². The molecule has 2 aromatic carbocycles. The molecule has 0 atom stereocenters. The van der Waals surface area contributed by atoms with E-state index in [9.17, 15) is 8.42 Å². The summed E-state index contributed by atoms with van der Waals surface area (Å²) in [6.45, 7) is 0.980. The molecule has 126 valence electrons. The largest absolute Gasteiger partial charge is 0.486 e. The summed E-state index contributed by atoms with van der Waals surface area (Å²) in [6, 6.07) is 10.6. The molecule has 0 N–H and O–H groups in total. The van der Waals surface area contributed by atoms with Crippen LogP contribution in [-0.4, -0.2) is 28.7 Å². The molecule has 4 rings (SSSR count). The highest BCUT2D eigenvalue weighted by Crippen LogP contribution is 2.35. The fourth-order valence-electron chi connectivity index (χ4n) is 3.23. The second-order valence-electron chi connectivity index (χ2n) is 6.08. The first-order valence-corrected chi connectivity index (χ1v) is 9.50. The van der Waals surface area contributed by atoms with E-state index in [-0.39, 0.29) is 0 Å². The van der Waals surface area contributed by atoms with Crippen LogP contribution in [0.15, 0.2) is 41.3 Å². The fourth-order valence-corrected chi connectivity index (χ4v) is 4.47. The Hall–Kier alpha value is -2.21. The predicted molar refractivity (Wildman–Crippen MR) is 91.5 cm³/mol. The predicted octanol–water partition coefficient (Wildman–Crippen LogP) is 2.77. The number of hydrogen-bond donors (Lipinski definition) is 0. The number of sulfonamides is 1. The van der Waals surface area contributed by atoms with Gasteiger partial charge in [-0.25, -0.2) is 8.42 Å². The smallest absolute Gasteiger partial charge is 0.264 e. The lowest BCUT2D eigenvalue weighted by atomic mass is 10.1. The van der Waals surface area contributed by atoms with Gasteiger partial charge in [-0.3, -0.25) is 4.31 Å². The third kappa shape index (κ3) is 2.51. The van der Waals surface area contributed by atoms with Crippen molar-refractivity contribution < 1.29 is 17.9 Å². The zero-order chi connectivity index (χ0) is 16.7. The molecule has 24 heavy (non-hydrogen) atoms. The van der Waals surface area contributed by atoms with E-state index < -0.39 is 10.0 Å². The van der Waals surface area contributed by atoms with E-state index in [4.69, 9.17) is 9.47 Å². The second-order valence-corrected chi connectivity index (χ2v) is 8.05. The molecular weight excluding hydrogens is 326 g/mol. The Balaban J connectivity index is 1.69. The number of rotatable bonds is 3. The first kappa shape index (κ1) is 15.3. The number of ether oxygens (including phenoxy) is 2. The maximum atomic E-state index is 13.0. The highest BCUT2D eigenvalue weighted by atomic mass is 32.2. The topological polar surface area (TPSA) is 55.8 Å². The van der Waals surface area contributed by atoms with Gasteiger partial charge in [-0.15, -0.1) is 0 Å². The maximum Gasteiger partial charge on any atom is 0.264 e. The minimum absolute atomic E-state index is 0.334. The number of hydrogen-bond acceptors (Lipinski definition) is 4. The van der Waals surface area contributed by atoms with Gasteiger partial charge >= 0.3 is 0 Å². The zero-order valence-electron chi connectivity index (χ0n) is 13.5. The second kappa shape index (κ2) is 5.70. The Morgan fingerprint density at radius 2 is 1.67 bits per heavy atom. The summed E-state index contributed by atoms with van der Waals surface area (Å²) in [7, 11) is -2.04. The minimum atomic E-state index is -3.60. The zero-order valence-corrected chi connectivity index (χ0v) is 14.3. The number of aryl methyl sites for hydroxylation is 2. The Bertz CT molecular complexity index is 892. The maximum absolute atomic E-state index is 13.0. The summed E-state index contributed by atoms with van der Waals surface area (Å²) in [4.78, 5) is 0.334. The number of fused-ring (bicyclic) bond motifs is 2. The van der Waals surface area contributed by atoms with Crippen molar-refractivity contribution in [1.82, 2.24) is 0 Å². The molecule has 0 radical (unpaired) electrons. The summed E-state index contributed by atoms with van der Waals surface area (Å²) in [6.07, 6.45) is 3.08. The van der Waals surface area contributed by atoms with Crippen LogP contribution in [0.4, 0.5) is 5.69 Å². The summed E-state index contributed by atoms with van der Waals surface area (Å²) < 4.78 is 38.2. The van der Waals surface area contributed by atoms with E-state index in [1.807, 2.05) is 12.1 Å². The van der Waals surface area contributed by atoms with E-state index in [0.29, 0.717) is 35.3 Å². The first-order chi connectivity index (χ1) is 11.6. The molecule has 5 nitrogen and oxygen atoms in total. The van der Waals surface area contributed by atoms with Crippen LogP contribution >= 0.6 is 0 Å². The molecule has 1 heterocycles. The Labute approximate surface area is 141 Å². The average Bonchev–Trinajstić information content (AvgIpc) is 3.08. The molecule has 0 saturated carbocycles. The van der Waals surface area contributed by atoms with Crippen molar-refractivity contribution in [2.75, 3.05) is 24.6 Å². The van der Waals surface area contributed by atoms with Crippen LogP contribution in [0.2, 0.25) is 0 Å². The molecule has 0 aromatic heterocycles. The number of nitrogens with zero attached hydrogens (tertiary/aromatic N) is 1. The molecule has 6 heteroatoms. The van der Waals surface area contributed by atoms with Gasteiger partial charge in [0.2, 0.25) is 0 Å². The Kier molecular flexibility index (Phi) is 3.64. The summed E-state index contributed by atoms with van der Waals surface area (Å²) in [5.74, 6) is 1.23. The van der Waals surface area contributed by atoms with Crippen molar-refractivity contribution in [2.45, 2.75) is 24.2 Å². The minimum Gasteiger partial charge on any atom is -0.486 e. The van der Waals surface area contributed by atoms with Crippen molar-refractivity contribution in [3.05, 3.63) is 47.5 Å². The lowest BCUT2D eigenvalue weighted by molar-refractivity contribution is 0.171. The molecule has 1 aliphatic carbocycles. The van der Waals surface area contributed by atoms with E-state index in [2.05, 4.69) is 0 Å². The van der Waals surface area contributed by atoms with Crippen LogP contribution in [-0.2, 0) is 22.9 Å². The van der Waals surface area contributed by atoms with Gasteiger partial charge in [0.05, 0.1) is 10.6 Å². The normalized spacial score (nSPS) is 15.9. The lowest BCUT2D eigenvalue weighted by Gasteiger charge is -2.23. The summed E-state index contributed by atoms with van der Waals surface area (Å²) in [5, 5.41) is 0. The summed E-state index contributed by atoms with van der Waals surface area (Å²) >= 11 is 0. The van der Waals surface area contributed by atoms with E-state index in [1.165, 1.54) is 9.87 Å². The van der Waals surface area contributed by atoms with Gasteiger partial charge < -0.3 is 9.47 Å². The SMILES string of the molecule is CN(c1ccc2c(c1)OCCO2)S(=O)(=O)c1ccc2c(c1)CCC2. The van der Waals surface area contributed by atoms with Crippen LogP contribution in [0.25, 0.3) is 0 Å². The molecule has 0 amide bonds. The fraction of sp³-hybridized carbons (Fsp3) is 0.333. The van der Waals surface area contributed by atoms with Gasteiger partial charge in [0.25, 0.3) is 10.0 Å². The highest BCUT2D eigenvalue weighted by Gasteiger charge is 2.24. The van der Waals surface area contributed by atoms with E-state index >= 15 is 0 Å². The average molecular weight is 345 g/mol. The third-order valence-corrected chi connectivity index (χ3v) is 6.40. The molecule has 0 unspecified atom stereocenters. The molecule has 0 saturated heterocycles. The van der Waals surface area contributed by atoms with E-state index in [1.54, 1.807) is 31.3 Å². The Morgan fingerprint density at radius 1 is 0.917 bits per heavy atom. The van der Waals surface area contributed by atoms with Crippen molar-refractivity contribution in [3.8, 4) is 11.5 Å². The van der Waals surface area contributed by atoms with Gasteiger partial charge in [0.1, 0.15) is 13.2 Å². The molecule has 2 aromatic rings. The standard InChI is InChI=1S/C18H19NO4S/c1-19(15-6-8-17-18(12-15)23-10-9-22-17)24(20,21)16-7-5-13-3-2-4-14(13)11-16/h5-8,11-12H,2-4,9-10H2,1H3. The molecule has 0 spiro atoms. The lowest BCUT2D eigenvalue weighted by Crippen LogP contribution is -2.27. The van der Waals surface area contributed by atoms with Crippen molar-refractivity contribution in [1.29, 1.82) is 0 Å².